The fourth-order valence-electron chi connectivity index (χ4n) is 3.06. The Morgan fingerprint density at radius 1 is 1.32 bits per heavy atom. The molecule has 118 valence electrons. The van der Waals surface area contributed by atoms with Gasteiger partial charge in [-0.25, -0.2) is 0 Å². The molecular formula is C18H23NO3. The molecule has 0 atom stereocenters. The molecule has 0 fully saturated rings. The van der Waals surface area contributed by atoms with Crippen molar-refractivity contribution in [1.29, 1.82) is 0 Å². The van der Waals surface area contributed by atoms with Gasteiger partial charge >= 0.3 is 5.97 Å². The van der Waals surface area contributed by atoms with Crippen molar-refractivity contribution in [3.8, 4) is 0 Å². The van der Waals surface area contributed by atoms with E-state index in [0.29, 0.717) is 26.0 Å². The molecule has 0 aliphatic carbocycles. The first kappa shape index (κ1) is 16.3. The van der Waals surface area contributed by atoms with E-state index in [1.165, 1.54) is 5.56 Å². The number of hydrogen-bond acceptors (Lipinski definition) is 4. The van der Waals surface area contributed by atoms with Crippen LogP contribution in [-0.4, -0.2) is 25.4 Å². The van der Waals surface area contributed by atoms with Crippen molar-refractivity contribution in [1.82, 2.24) is 0 Å². The highest BCUT2D eigenvalue weighted by Gasteiger charge is 2.39. The van der Waals surface area contributed by atoms with E-state index in [-0.39, 0.29) is 11.4 Å². The Morgan fingerprint density at radius 2 is 2.05 bits per heavy atom. The molecule has 2 rings (SSSR count). The van der Waals surface area contributed by atoms with E-state index < -0.39 is 0 Å². The van der Waals surface area contributed by atoms with Gasteiger partial charge in [0.25, 0.3) is 0 Å². The summed E-state index contributed by atoms with van der Waals surface area (Å²) in [6, 6.07) is 8.17. The van der Waals surface area contributed by atoms with Gasteiger partial charge in [-0.15, -0.1) is 0 Å². The first-order valence-corrected chi connectivity index (χ1v) is 7.71. The molecule has 1 aromatic carbocycles. The van der Waals surface area contributed by atoms with Crippen LogP contribution in [0.3, 0.4) is 0 Å². The number of carbonyl (C=O) groups is 2. The molecule has 4 heteroatoms. The fraction of sp³-hybridized carbons (Fsp3) is 0.444. The maximum absolute atomic E-state index is 11.5. The van der Waals surface area contributed by atoms with E-state index >= 15 is 0 Å². The number of fused-ring (bicyclic) bond motifs is 1. The van der Waals surface area contributed by atoms with Gasteiger partial charge in [-0.05, 0) is 31.1 Å². The molecule has 1 aliphatic heterocycles. The molecule has 22 heavy (non-hydrogen) atoms. The molecule has 0 amide bonds. The minimum atomic E-state index is -0.207. The fourth-order valence-corrected chi connectivity index (χ4v) is 3.06. The van der Waals surface area contributed by atoms with Gasteiger partial charge in [-0.1, -0.05) is 32.0 Å². The number of anilines is 1. The van der Waals surface area contributed by atoms with Crippen LogP contribution in [0.15, 0.2) is 36.0 Å². The van der Waals surface area contributed by atoms with Gasteiger partial charge in [-0.3, -0.25) is 9.59 Å². The summed E-state index contributed by atoms with van der Waals surface area (Å²) < 4.78 is 4.96. The zero-order chi connectivity index (χ0) is 16.2. The third-order valence-electron chi connectivity index (χ3n) is 4.09. The molecule has 4 nitrogen and oxygen atoms in total. The quantitative estimate of drug-likeness (QED) is 0.460. The maximum atomic E-state index is 11.5. The van der Waals surface area contributed by atoms with Crippen LogP contribution in [0, 0.1) is 0 Å². The minimum Gasteiger partial charge on any atom is -0.466 e. The Bertz CT molecular complexity index is 590. The van der Waals surface area contributed by atoms with Gasteiger partial charge < -0.3 is 9.64 Å². The normalized spacial score (nSPS) is 17.4. The zero-order valence-corrected chi connectivity index (χ0v) is 13.5. The number of para-hydroxylation sites is 1. The largest absolute Gasteiger partial charge is 0.466 e. The number of ether oxygens (including phenoxy) is 1. The van der Waals surface area contributed by atoms with Gasteiger partial charge in [0.2, 0.25) is 0 Å². The van der Waals surface area contributed by atoms with Gasteiger partial charge in [-0.2, -0.15) is 0 Å². The summed E-state index contributed by atoms with van der Waals surface area (Å²) in [5.41, 5.74) is 3.10. The predicted molar refractivity (Wildman–Crippen MR) is 86.8 cm³/mol. The Labute approximate surface area is 131 Å². The minimum absolute atomic E-state index is 0.171. The predicted octanol–water partition coefficient (Wildman–Crippen LogP) is 3.21. The first-order chi connectivity index (χ1) is 10.5. The van der Waals surface area contributed by atoms with Gasteiger partial charge in [0, 0.05) is 29.8 Å². The summed E-state index contributed by atoms with van der Waals surface area (Å²) in [7, 11) is 0. The number of nitrogens with zero attached hydrogens (tertiary/aromatic N) is 1. The van der Waals surface area contributed by atoms with Crippen LogP contribution in [0.25, 0.3) is 0 Å². The lowest BCUT2D eigenvalue weighted by Crippen LogP contribution is -2.27. The van der Waals surface area contributed by atoms with Crippen molar-refractivity contribution in [3.05, 3.63) is 41.6 Å². The number of carbonyl (C=O) groups excluding carboxylic acids is 2. The number of esters is 1. The number of aldehydes is 1. The molecule has 0 bridgehead atoms. The second-order valence-corrected chi connectivity index (χ2v) is 5.89. The molecule has 0 saturated heterocycles. The third kappa shape index (κ3) is 3.06. The summed E-state index contributed by atoms with van der Waals surface area (Å²) in [5, 5.41) is 0. The highest BCUT2D eigenvalue weighted by Crippen LogP contribution is 2.47. The molecule has 1 aromatic rings. The summed E-state index contributed by atoms with van der Waals surface area (Å²) in [4.78, 5) is 24.7. The van der Waals surface area contributed by atoms with Crippen molar-refractivity contribution in [2.45, 2.75) is 39.0 Å². The first-order valence-electron chi connectivity index (χ1n) is 7.71. The number of benzene rings is 1. The van der Waals surface area contributed by atoms with Crippen molar-refractivity contribution in [2.24, 2.45) is 0 Å². The van der Waals surface area contributed by atoms with Crippen molar-refractivity contribution >= 4 is 17.9 Å². The monoisotopic (exact) mass is 301 g/mol. The molecule has 0 saturated carbocycles. The van der Waals surface area contributed by atoms with E-state index in [4.69, 9.17) is 4.74 Å². The molecule has 0 radical (unpaired) electrons. The van der Waals surface area contributed by atoms with E-state index in [9.17, 15) is 9.59 Å². The second-order valence-electron chi connectivity index (χ2n) is 5.89. The van der Waals surface area contributed by atoms with Crippen molar-refractivity contribution < 1.29 is 14.3 Å². The van der Waals surface area contributed by atoms with E-state index in [2.05, 4.69) is 30.9 Å². The lowest BCUT2D eigenvalue weighted by molar-refractivity contribution is -0.143. The van der Waals surface area contributed by atoms with Crippen LogP contribution in [-0.2, 0) is 19.7 Å². The summed E-state index contributed by atoms with van der Waals surface area (Å²) >= 11 is 0. The topological polar surface area (TPSA) is 46.6 Å². The summed E-state index contributed by atoms with van der Waals surface area (Å²) in [5.74, 6) is -0.171. The highest BCUT2D eigenvalue weighted by molar-refractivity contribution is 5.77. The lowest BCUT2D eigenvalue weighted by atomic mass is 9.84. The molecule has 0 unspecified atom stereocenters. The van der Waals surface area contributed by atoms with Gasteiger partial charge in [0.15, 0.2) is 0 Å². The number of hydrogen-bond donors (Lipinski definition) is 0. The van der Waals surface area contributed by atoms with Crippen molar-refractivity contribution in [3.63, 3.8) is 0 Å². The second kappa shape index (κ2) is 6.77. The van der Waals surface area contributed by atoms with E-state index in [1.807, 2.05) is 19.1 Å². The average molecular weight is 301 g/mol. The maximum Gasteiger partial charge on any atom is 0.305 e. The number of allylic oxidation sites excluding steroid dienone is 2. The van der Waals surface area contributed by atoms with Gasteiger partial charge in [0.1, 0.15) is 6.29 Å². The molecule has 1 heterocycles. The molecule has 0 aromatic heterocycles. The van der Waals surface area contributed by atoms with Crippen LogP contribution < -0.4 is 4.90 Å². The standard InChI is InChI=1S/C18H23NO3/c1-4-22-17(21)10-7-12-19-15-9-6-5-8-14(15)18(2,3)16(19)11-13-20/h5-6,8-9,11,13H,4,7,10,12H2,1-3H3. The molecule has 0 N–H and O–H groups in total. The van der Waals surface area contributed by atoms with Crippen LogP contribution in [0.1, 0.15) is 39.2 Å². The number of rotatable bonds is 6. The SMILES string of the molecule is CCOC(=O)CCCN1C(=CC=O)C(C)(C)c2ccccc21. The van der Waals surface area contributed by atoms with E-state index in [0.717, 1.165) is 17.7 Å². The van der Waals surface area contributed by atoms with Crippen LogP contribution in [0.5, 0.6) is 0 Å². The van der Waals surface area contributed by atoms with Crippen LogP contribution in [0.2, 0.25) is 0 Å². The Morgan fingerprint density at radius 3 is 2.73 bits per heavy atom. The summed E-state index contributed by atoms with van der Waals surface area (Å²) in [6.45, 7) is 7.15. The third-order valence-corrected chi connectivity index (χ3v) is 4.09. The lowest BCUT2D eigenvalue weighted by Gasteiger charge is -2.26. The Hall–Kier alpha value is -2.10. The molecule has 0 spiro atoms. The van der Waals surface area contributed by atoms with Crippen molar-refractivity contribution in [2.75, 3.05) is 18.1 Å². The summed E-state index contributed by atoms with van der Waals surface area (Å²) in [6.07, 6.45) is 3.55. The molecular weight excluding hydrogens is 278 g/mol. The van der Waals surface area contributed by atoms with E-state index in [1.54, 1.807) is 6.08 Å². The van der Waals surface area contributed by atoms with Crippen LogP contribution in [0.4, 0.5) is 5.69 Å². The van der Waals surface area contributed by atoms with Crippen LogP contribution >= 0.6 is 0 Å². The average Bonchev–Trinajstić information content (AvgIpc) is 2.70. The van der Waals surface area contributed by atoms with Gasteiger partial charge in [0.05, 0.1) is 6.61 Å². The Kier molecular flexibility index (Phi) is 5.01. The Balaban J connectivity index is 2.19. The smallest absolute Gasteiger partial charge is 0.305 e. The zero-order valence-electron chi connectivity index (χ0n) is 13.5. The highest BCUT2D eigenvalue weighted by atomic mass is 16.5. The molecule has 1 aliphatic rings.